The van der Waals surface area contributed by atoms with Crippen LogP contribution in [0.15, 0.2) is 35.6 Å². The van der Waals surface area contributed by atoms with Crippen LogP contribution < -0.4 is 10.6 Å². The molecule has 0 bridgehead atoms. The van der Waals surface area contributed by atoms with Crippen molar-refractivity contribution in [2.45, 2.75) is 46.7 Å². The van der Waals surface area contributed by atoms with Crippen LogP contribution in [-0.4, -0.2) is 33.8 Å². The fraction of sp³-hybridized carbons (Fsp3) is 0.500. The molecule has 1 aromatic carbocycles. The van der Waals surface area contributed by atoms with Crippen molar-refractivity contribution in [1.29, 1.82) is 0 Å². The lowest BCUT2D eigenvalue weighted by molar-refractivity contribution is 0.632. The van der Waals surface area contributed by atoms with Gasteiger partial charge in [-0.3, -0.25) is 0 Å². The van der Waals surface area contributed by atoms with Crippen molar-refractivity contribution in [3.05, 3.63) is 47.5 Å². The molecule has 1 heterocycles. The SMILES string of the molecule is CCNC(=NCc1ccccc1CC)NCCn1cnnc1CC. The monoisotopic (exact) mass is 328 g/mol. The van der Waals surface area contributed by atoms with Gasteiger partial charge in [-0.05, 0) is 24.5 Å². The molecule has 0 radical (unpaired) electrons. The molecular weight excluding hydrogens is 300 g/mol. The molecule has 0 amide bonds. The van der Waals surface area contributed by atoms with Crippen LogP contribution in [0.1, 0.15) is 37.7 Å². The minimum absolute atomic E-state index is 0.687. The van der Waals surface area contributed by atoms with Crippen LogP contribution in [0, 0.1) is 0 Å². The Labute approximate surface area is 144 Å². The summed E-state index contributed by atoms with van der Waals surface area (Å²) in [5, 5.41) is 14.7. The molecular formula is C18H28N6. The quantitative estimate of drug-likeness (QED) is 0.576. The van der Waals surface area contributed by atoms with Crippen molar-refractivity contribution >= 4 is 5.96 Å². The van der Waals surface area contributed by atoms with Gasteiger partial charge in [0.15, 0.2) is 5.96 Å². The highest BCUT2D eigenvalue weighted by Crippen LogP contribution is 2.10. The summed E-state index contributed by atoms with van der Waals surface area (Å²) in [6, 6.07) is 8.47. The van der Waals surface area contributed by atoms with Crippen molar-refractivity contribution in [2.75, 3.05) is 13.1 Å². The minimum Gasteiger partial charge on any atom is -0.357 e. The number of hydrogen-bond donors (Lipinski definition) is 2. The molecule has 0 fully saturated rings. The van der Waals surface area contributed by atoms with Crippen LogP contribution >= 0.6 is 0 Å². The van der Waals surface area contributed by atoms with E-state index in [4.69, 9.17) is 4.99 Å². The smallest absolute Gasteiger partial charge is 0.191 e. The topological polar surface area (TPSA) is 67.1 Å². The maximum absolute atomic E-state index is 4.71. The number of benzene rings is 1. The molecule has 0 unspecified atom stereocenters. The summed E-state index contributed by atoms with van der Waals surface area (Å²) in [5.74, 6) is 1.85. The summed E-state index contributed by atoms with van der Waals surface area (Å²) in [6.45, 7) is 9.48. The second-order valence-electron chi connectivity index (χ2n) is 5.54. The number of aliphatic imine (C=N–C) groups is 1. The number of aryl methyl sites for hydroxylation is 2. The summed E-state index contributed by atoms with van der Waals surface area (Å²) >= 11 is 0. The molecule has 6 nitrogen and oxygen atoms in total. The second-order valence-corrected chi connectivity index (χ2v) is 5.54. The van der Waals surface area contributed by atoms with E-state index >= 15 is 0 Å². The van der Waals surface area contributed by atoms with Gasteiger partial charge in [0.1, 0.15) is 12.2 Å². The molecule has 0 atom stereocenters. The highest BCUT2D eigenvalue weighted by atomic mass is 15.3. The Bertz CT molecular complexity index is 646. The number of hydrogen-bond acceptors (Lipinski definition) is 3. The van der Waals surface area contributed by atoms with Crippen LogP contribution in [0.2, 0.25) is 0 Å². The van der Waals surface area contributed by atoms with Gasteiger partial charge in [0, 0.05) is 26.1 Å². The zero-order chi connectivity index (χ0) is 17.2. The number of aromatic nitrogens is 3. The number of guanidine groups is 1. The Hall–Kier alpha value is -2.37. The summed E-state index contributed by atoms with van der Waals surface area (Å²) in [6.07, 6.45) is 3.70. The molecule has 24 heavy (non-hydrogen) atoms. The molecule has 0 saturated carbocycles. The van der Waals surface area contributed by atoms with Crippen molar-refractivity contribution in [3.63, 3.8) is 0 Å². The predicted octanol–water partition coefficient (Wildman–Crippen LogP) is 2.16. The number of nitrogens with zero attached hydrogens (tertiary/aromatic N) is 4. The van der Waals surface area contributed by atoms with Gasteiger partial charge in [-0.2, -0.15) is 0 Å². The van der Waals surface area contributed by atoms with Crippen molar-refractivity contribution in [3.8, 4) is 0 Å². The van der Waals surface area contributed by atoms with Crippen molar-refractivity contribution < 1.29 is 0 Å². The van der Waals surface area contributed by atoms with E-state index < -0.39 is 0 Å². The molecule has 2 N–H and O–H groups in total. The molecule has 0 aliphatic heterocycles. The van der Waals surface area contributed by atoms with E-state index in [-0.39, 0.29) is 0 Å². The Morgan fingerprint density at radius 3 is 2.58 bits per heavy atom. The van der Waals surface area contributed by atoms with Gasteiger partial charge in [0.05, 0.1) is 6.54 Å². The lowest BCUT2D eigenvalue weighted by Gasteiger charge is -2.13. The lowest BCUT2D eigenvalue weighted by Crippen LogP contribution is -2.39. The number of nitrogens with one attached hydrogen (secondary N) is 2. The Morgan fingerprint density at radius 1 is 1.08 bits per heavy atom. The summed E-state index contributed by atoms with van der Waals surface area (Å²) in [7, 11) is 0. The van der Waals surface area contributed by atoms with Gasteiger partial charge >= 0.3 is 0 Å². The van der Waals surface area contributed by atoms with E-state index in [0.717, 1.165) is 44.3 Å². The van der Waals surface area contributed by atoms with E-state index in [1.165, 1.54) is 11.1 Å². The zero-order valence-corrected chi connectivity index (χ0v) is 14.9. The third-order valence-electron chi connectivity index (χ3n) is 3.91. The summed E-state index contributed by atoms with van der Waals surface area (Å²) < 4.78 is 2.07. The maximum atomic E-state index is 4.71. The molecule has 2 rings (SSSR count). The number of rotatable bonds is 8. The van der Waals surface area contributed by atoms with Gasteiger partial charge < -0.3 is 15.2 Å². The second kappa shape index (κ2) is 9.70. The average molecular weight is 328 g/mol. The molecule has 1 aromatic heterocycles. The predicted molar refractivity (Wildman–Crippen MR) is 98.0 cm³/mol. The first-order valence-corrected chi connectivity index (χ1v) is 8.74. The van der Waals surface area contributed by atoms with Crippen LogP contribution in [0.4, 0.5) is 0 Å². The normalized spacial score (nSPS) is 11.5. The van der Waals surface area contributed by atoms with Crippen LogP contribution in [0.25, 0.3) is 0 Å². The largest absolute Gasteiger partial charge is 0.357 e. The maximum Gasteiger partial charge on any atom is 0.191 e. The third-order valence-corrected chi connectivity index (χ3v) is 3.91. The molecule has 130 valence electrons. The van der Waals surface area contributed by atoms with Gasteiger partial charge in [-0.25, -0.2) is 4.99 Å². The molecule has 6 heteroatoms. The lowest BCUT2D eigenvalue weighted by atomic mass is 10.1. The van der Waals surface area contributed by atoms with Crippen LogP contribution in [0.5, 0.6) is 0 Å². The van der Waals surface area contributed by atoms with Crippen LogP contribution in [-0.2, 0) is 25.9 Å². The molecule has 0 aliphatic rings. The molecule has 0 spiro atoms. The van der Waals surface area contributed by atoms with E-state index in [2.05, 4.69) is 70.4 Å². The minimum atomic E-state index is 0.687. The van der Waals surface area contributed by atoms with Gasteiger partial charge in [0.2, 0.25) is 0 Å². The van der Waals surface area contributed by atoms with Gasteiger partial charge in [0.25, 0.3) is 0 Å². The molecule has 0 aliphatic carbocycles. The Kier molecular flexibility index (Phi) is 7.26. The van der Waals surface area contributed by atoms with Crippen molar-refractivity contribution in [2.24, 2.45) is 4.99 Å². The summed E-state index contributed by atoms with van der Waals surface area (Å²) in [5.41, 5.74) is 2.64. The molecule has 0 saturated heterocycles. The first-order chi connectivity index (χ1) is 11.8. The van der Waals surface area contributed by atoms with E-state index in [0.29, 0.717) is 6.54 Å². The first-order valence-electron chi connectivity index (χ1n) is 8.74. The fourth-order valence-electron chi connectivity index (χ4n) is 2.60. The zero-order valence-electron chi connectivity index (χ0n) is 14.9. The highest BCUT2D eigenvalue weighted by molar-refractivity contribution is 5.79. The Balaban J connectivity index is 1.93. The van der Waals surface area contributed by atoms with Gasteiger partial charge in [-0.15, -0.1) is 10.2 Å². The third kappa shape index (κ3) is 5.08. The van der Waals surface area contributed by atoms with Crippen molar-refractivity contribution in [1.82, 2.24) is 25.4 Å². The Morgan fingerprint density at radius 2 is 1.88 bits per heavy atom. The van der Waals surface area contributed by atoms with Gasteiger partial charge in [-0.1, -0.05) is 38.1 Å². The van der Waals surface area contributed by atoms with E-state index in [1.807, 2.05) is 0 Å². The van der Waals surface area contributed by atoms with Crippen LogP contribution in [0.3, 0.4) is 0 Å². The summed E-state index contributed by atoms with van der Waals surface area (Å²) in [4.78, 5) is 4.71. The fourth-order valence-corrected chi connectivity index (χ4v) is 2.60. The van der Waals surface area contributed by atoms with E-state index in [9.17, 15) is 0 Å². The van der Waals surface area contributed by atoms with E-state index in [1.54, 1.807) is 6.33 Å². The first kappa shape index (κ1) is 18.0. The standard InChI is InChI=1S/C18H28N6/c1-4-15-9-7-8-10-16(15)13-21-18(19-6-3)20-11-12-24-14-22-23-17(24)5-2/h7-10,14H,4-6,11-13H2,1-3H3,(H2,19,20,21). The molecule has 2 aromatic rings. The average Bonchev–Trinajstić information content (AvgIpc) is 3.07. The highest BCUT2D eigenvalue weighted by Gasteiger charge is 2.03.